The number of hydrogen-bond acceptors (Lipinski definition) is 3. The molecule has 0 aromatic carbocycles. The van der Waals surface area contributed by atoms with Crippen molar-refractivity contribution in [1.29, 1.82) is 0 Å². The van der Waals surface area contributed by atoms with Crippen LogP contribution in [0.4, 0.5) is 0 Å². The summed E-state index contributed by atoms with van der Waals surface area (Å²) in [5.41, 5.74) is 0. The third kappa shape index (κ3) is 2.69. The number of carbonyl (C=O) groups excluding carboxylic acids is 1. The molecule has 0 bridgehead atoms. The quantitative estimate of drug-likeness (QED) is 0.639. The Labute approximate surface area is 91.4 Å². The molecule has 0 aliphatic carbocycles. The number of hydrogen-bond donors (Lipinski definition) is 2. The molecule has 86 valence electrons. The number of amides is 1. The number of rotatable bonds is 1. The van der Waals surface area contributed by atoms with E-state index in [2.05, 4.69) is 22.5 Å². The highest BCUT2D eigenvalue weighted by atomic mass is 16.1. The minimum absolute atomic E-state index is 0.202. The van der Waals surface area contributed by atoms with E-state index in [1.54, 1.807) is 0 Å². The van der Waals surface area contributed by atoms with Gasteiger partial charge in [-0.2, -0.15) is 0 Å². The Hall–Kier alpha value is -0.610. The van der Waals surface area contributed by atoms with E-state index in [1.165, 1.54) is 12.8 Å². The van der Waals surface area contributed by atoms with E-state index < -0.39 is 0 Å². The van der Waals surface area contributed by atoms with Crippen LogP contribution in [0.1, 0.15) is 26.2 Å². The summed E-state index contributed by atoms with van der Waals surface area (Å²) >= 11 is 0. The van der Waals surface area contributed by atoms with Crippen molar-refractivity contribution in [1.82, 2.24) is 15.5 Å². The molecule has 2 unspecified atom stereocenters. The van der Waals surface area contributed by atoms with E-state index >= 15 is 0 Å². The molecule has 15 heavy (non-hydrogen) atoms. The van der Waals surface area contributed by atoms with Crippen molar-refractivity contribution in [3.05, 3.63) is 0 Å². The van der Waals surface area contributed by atoms with E-state index in [0.717, 1.165) is 26.2 Å². The Morgan fingerprint density at radius 3 is 3.00 bits per heavy atom. The van der Waals surface area contributed by atoms with Crippen LogP contribution in [0.5, 0.6) is 0 Å². The molecule has 2 rings (SSSR count). The lowest BCUT2D eigenvalue weighted by atomic mass is 10.0. The minimum atomic E-state index is 0.202. The SMILES string of the molecule is CC1CNC(=O)CCN1C1CCCNC1. The normalized spacial score (nSPS) is 34.6. The Bertz CT molecular complexity index is 226. The highest BCUT2D eigenvalue weighted by Crippen LogP contribution is 2.15. The van der Waals surface area contributed by atoms with Gasteiger partial charge in [0.2, 0.25) is 5.91 Å². The maximum atomic E-state index is 11.3. The second kappa shape index (κ2) is 4.94. The first-order valence-corrected chi connectivity index (χ1v) is 6.00. The van der Waals surface area contributed by atoms with Crippen molar-refractivity contribution in [2.45, 2.75) is 38.3 Å². The number of carbonyl (C=O) groups is 1. The summed E-state index contributed by atoms with van der Waals surface area (Å²) in [4.78, 5) is 13.8. The molecular weight excluding hydrogens is 190 g/mol. The van der Waals surface area contributed by atoms with Crippen LogP contribution in [0.2, 0.25) is 0 Å². The van der Waals surface area contributed by atoms with Gasteiger partial charge in [0, 0.05) is 38.1 Å². The lowest BCUT2D eigenvalue weighted by Gasteiger charge is -2.37. The minimum Gasteiger partial charge on any atom is -0.355 e. The van der Waals surface area contributed by atoms with Crippen molar-refractivity contribution < 1.29 is 4.79 Å². The van der Waals surface area contributed by atoms with Crippen molar-refractivity contribution in [3.63, 3.8) is 0 Å². The van der Waals surface area contributed by atoms with Crippen molar-refractivity contribution in [2.24, 2.45) is 0 Å². The van der Waals surface area contributed by atoms with Crippen LogP contribution < -0.4 is 10.6 Å². The van der Waals surface area contributed by atoms with Gasteiger partial charge < -0.3 is 10.6 Å². The Balaban J connectivity index is 1.95. The van der Waals surface area contributed by atoms with Crippen molar-refractivity contribution in [3.8, 4) is 0 Å². The summed E-state index contributed by atoms with van der Waals surface area (Å²) < 4.78 is 0. The highest BCUT2D eigenvalue weighted by molar-refractivity contribution is 5.76. The van der Waals surface area contributed by atoms with Gasteiger partial charge in [-0.1, -0.05) is 0 Å². The van der Waals surface area contributed by atoms with Gasteiger partial charge in [-0.05, 0) is 26.3 Å². The molecule has 0 saturated carbocycles. The third-order valence-electron chi connectivity index (χ3n) is 3.50. The number of piperidine rings is 1. The van der Waals surface area contributed by atoms with Gasteiger partial charge in [0.05, 0.1) is 0 Å². The average molecular weight is 211 g/mol. The maximum Gasteiger partial charge on any atom is 0.221 e. The Kier molecular flexibility index (Phi) is 3.59. The molecule has 4 nitrogen and oxygen atoms in total. The Morgan fingerprint density at radius 2 is 2.27 bits per heavy atom. The smallest absolute Gasteiger partial charge is 0.221 e. The van der Waals surface area contributed by atoms with Gasteiger partial charge in [-0.3, -0.25) is 9.69 Å². The lowest BCUT2D eigenvalue weighted by Crippen LogP contribution is -2.50. The molecule has 0 aromatic rings. The molecule has 0 spiro atoms. The van der Waals surface area contributed by atoms with Crippen LogP contribution >= 0.6 is 0 Å². The number of nitrogens with zero attached hydrogens (tertiary/aromatic N) is 1. The summed E-state index contributed by atoms with van der Waals surface area (Å²) in [6, 6.07) is 1.10. The molecule has 1 amide bonds. The molecule has 0 radical (unpaired) electrons. The zero-order valence-corrected chi connectivity index (χ0v) is 9.46. The summed E-state index contributed by atoms with van der Waals surface area (Å²) in [6.45, 7) is 6.16. The van der Waals surface area contributed by atoms with Crippen LogP contribution in [0, 0.1) is 0 Å². The first-order valence-electron chi connectivity index (χ1n) is 6.00. The fourth-order valence-electron chi connectivity index (χ4n) is 2.58. The fraction of sp³-hybridized carbons (Fsp3) is 0.909. The van der Waals surface area contributed by atoms with Crippen LogP contribution in [0.25, 0.3) is 0 Å². The number of nitrogens with one attached hydrogen (secondary N) is 2. The van der Waals surface area contributed by atoms with Crippen LogP contribution in [0.3, 0.4) is 0 Å². The van der Waals surface area contributed by atoms with Gasteiger partial charge >= 0.3 is 0 Å². The van der Waals surface area contributed by atoms with E-state index in [4.69, 9.17) is 0 Å². The zero-order valence-electron chi connectivity index (χ0n) is 9.46. The van der Waals surface area contributed by atoms with E-state index in [1.807, 2.05) is 0 Å². The monoisotopic (exact) mass is 211 g/mol. The second-order valence-corrected chi connectivity index (χ2v) is 4.64. The predicted octanol–water partition coefficient (Wildman–Crippen LogP) is -0.0512. The summed E-state index contributed by atoms with van der Waals surface area (Å²) in [5.74, 6) is 0.202. The molecule has 2 saturated heterocycles. The van der Waals surface area contributed by atoms with Crippen LogP contribution in [0.15, 0.2) is 0 Å². The third-order valence-corrected chi connectivity index (χ3v) is 3.50. The molecule has 2 atom stereocenters. The van der Waals surface area contributed by atoms with Gasteiger partial charge in [-0.25, -0.2) is 0 Å². The molecule has 2 aliphatic rings. The second-order valence-electron chi connectivity index (χ2n) is 4.64. The molecule has 0 aromatic heterocycles. The summed E-state index contributed by atoms with van der Waals surface area (Å²) in [5, 5.41) is 6.40. The van der Waals surface area contributed by atoms with Crippen LogP contribution in [-0.2, 0) is 4.79 Å². The van der Waals surface area contributed by atoms with Gasteiger partial charge in [-0.15, -0.1) is 0 Å². The first-order chi connectivity index (χ1) is 7.27. The molecule has 2 heterocycles. The lowest BCUT2D eigenvalue weighted by molar-refractivity contribution is -0.120. The standard InChI is InChI=1S/C11H21N3O/c1-9-7-13-11(15)4-6-14(9)10-3-2-5-12-8-10/h9-10,12H,2-8H2,1H3,(H,13,15). The predicted molar refractivity (Wildman–Crippen MR) is 59.7 cm³/mol. The Morgan fingerprint density at radius 1 is 1.40 bits per heavy atom. The molecule has 2 fully saturated rings. The van der Waals surface area contributed by atoms with Gasteiger partial charge in [0.1, 0.15) is 0 Å². The zero-order chi connectivity index (χ0) is 10.7. The fourth-order valence-corrected chi connectivity index (χ4v) is 2.58. The topological polar surface area (TPSA) is 44.4 Å². The molecule has 2 N–H and O–H groups in total. The average Bonchev–Trinajstić information content (AvgIpc) is 2.43. The summed E-state index contributed by atoms with van der Waals surface area (Å²) in [7, 11) is 0. The van der Waals surface area contributed by atoms with Crippen molar-refractivity contribution >= 4 is 5.91 Å². The van der Waals surface area contributed by atoms with Gasteiger partial charge in [0.15, 0.2) is 0 Å². The first kappa shape index (κ1) is 10.9. The van der Waals surface area contributed by atoms with E-state index in [9.17, 15) is 4.79 Å². The van der Waals surface area contributed by atoms with Gasteiger partial charge in [0.25, 0.3) is 0 Å². The maximum absolute atomic E-state index is 11.3. The molecule has 2 aliphatic heterocycles. The van der Waals surface area contributed by atoms with E-state index in [0.29, 0.717) is 18.5 Å². The van der Waals surface area contributed by atoms with Crippen LogP contribution in [-0.4, -0.2) is 49.1 Å². The molecular formula is C11H21N3O. The van der Waals surface area contributed by atoms with E-state index in [-0.39, 0.29) is 5.91 Å². The highest BCUT2D eigenvalue weighted by Gasteiger charge is 2.27. The summed E-state index contributed by atoms with van der Waals surface area (Å²) in [6.07, 6.45) is 3.18. The largest absolute Gasteiger partial charge is 0.355 e. The van der Waals surface area contributed by atoms with Crippen molar-refractivity contribution in [2.75, 3.05) is 26.2 Å². The molecule has 4 heteroatoms.